The normalized spacial score (nSPS) is 14.4. The average Bonchev–Trinajstić information content (AvgIpc) is 2.91. The first kappa shape index (κ1) is 16.2. The molecule has 0 bridgehead atoms. The first-order chi connectivity index (χ1) is 11.4. The molecule has 0 heterocycles. The molecule has 3 N–H and O–H groups in total. The second kappa shape index (κ2) is 6.09. The molecular formula is C19H19NO4. The van der Waals surface area contributed by atoms with Crippen molar-refractivity contribution in [2.24, 2.45) is 5.73 Å². The van der Waals surface area contributed by atoms with Gasteiger partial charge in [0.2, 0.25) is 0 Å². The van der Waals surface area contributed by atoms with Crippen LogP contribution in [-0.4, -0.2) is 22.6 Å². The van der Waals surface area contributed by atoms with Gasteiger partial charge >= 0.3 is 11.9 Å². The summed E-state index contributed by atoms with van der Waals surface area (Å²) in [7, 11) is 0. The van der Waals surface area contributed by atoms with E-state index in [0.29, 0.717) is 0 Å². The molecule has 0 aromatic heterocycles. The van der Waals surface area contributed by atoms with E-state index in [9.17, 15) is 9.59 Å². The molecule has 0 saturated carbocycles. The molecule has 3 rings (SSSR count). The molecule has 1 aliphatic rings. The van der Waals surface area contributed by atoms with E-state index in [0.717, 1.165) is 23.1 Å². The van der Waals surface area contributed by atoms with Crippen LogP contribution in [0.15, 0.2) is 42.5 Å². The molecule has 124 valence electrons. The van der Waals surface area contributed by atoms with E-state index in [2.05, 4.69) is 18.2 Å². The van der Waals surface area contributed by atoms with E-state index in [1.165, 1.54) is 18.1 Å². The maximum Gasteiger partial charge on any atom is 0.323 e. The quantitative estimate of drug-likeness (QED) is 0.704. The Morgan fingerprint density at radius 2 is 1.88 bits per heavy atom. The number of fused-ring (bicyclic) bond motifs is 3. The lowest BCUT2D eigenvalue weighted by Gasteiger charge is -2.18. The summed E-state index contributed by atoms with van der Waals surface area (Å²) in [6.07, 6.45) is 0.445. The fourth-order valence-electron chi connectivity index (χ4n) is 2.94. The number of benzene rings is 2. The zero-order chi connectivity index (χ0) is 17.3. The molecule has 1 unspecified atom stereocenters. The number of ether oxygens (including phenoxy) is 1. The molecule has 0 fully saturated rings. The number of nitrogens with two attached hydrogens (primary N) is 1. The predicted molar refractivity (Wildman–Crippen MR) is 89.3 cm³/mol. The highest BCUT2D eigenvalue weighted by molar-refractivity contribution is 5.85. The van der Waals surface area contributed by atoms with Gasteiger partial charge in [-0.05, 0) is 41.2 Å². The summed E-state index contributed by atoms with van der Waals surface area (Å²) >= 11 is 0. The number of carboxylic acid groups (broad SMARTS) is 1. The van der Waals surface area contributed by atoms with Crippen molar-refractivity contribution in [1.29, 1.82) is 0 Å². The van der Waals surface area contributed by atoms with E-state index in [1.807, 2.05) is 24.3 Å². The minimum atomic E-state index is -1.62. The van der Waals surface area contributed by atoms with Gasteiger partial charge in [0, 0.05) is 0 Å². The van der Waals surface area contributed by atoms with Crippen molar-refractivity contribution in [3.8, 4) is 11.1 Å². The minimum absolute atomic E-state index is 0.117. The Morgan fingerprint density at radius 3 is 2.62 bits per heavy atom. The fraction of sp³-hybridized carbons (Fsp3) is 0.263. The summed E-state index contributed by atoms with van der Waals surface area (Å²) < 4.78 is 5.26. The summed E-state index contributed by atoms with van der Waals surface area (Å²) in [6.45, 7) is 1.42. The molecule has 0 spiro atoms. The molecule has 0 aliphatic heterocycles. The average molecular weight is 325 g/mol. The largest absolute Gasteiger partial charge is 0.480 e. The first-order valence-electron chi connectivity index (χ1n) is 7.75. The maximum atomic E-state index is 11.9. The van der Waals surface area contributed by atoms with Crippen LogP contribution in [0.4, 0.5) is 0 Å². The monoisotopic (exact) mass is 325 g/mol. The van der Waals surface area contributed by atoms with E-state index < -0.39 is 17.5 Å². The van der Waals surface area contributed by atoms with Crippen LogP contribution >= 0.6 is 0 Å². The van der Waals surface area contributed by atoms with E-state index in [4.69, 9.17) is 15.6 Å². The van der Waals surface area contributed by atoms with Crippen LogP contribution in [0.5, 0.6) is 0 Å². The van der Waals surface area contributed by atoms with Crippen molar-refractivity contribution in [3.63, 3.8) is 0 Å². The maximum absolute atomic E-state index is 11.9. The van der Waals surface area contributed by atoms with Crippen molar-refractivity contribution in [1.82, 2.24) is 0 Å². The van der Waals surface area contributed by atoms with Crippen molar-refractivity contribution < 1.29 is 19.4 Å². The Kier molecular flexibility index (Phi) is 4.11. The highest BCUT2D eigenvalue weighted by Gasteiger charge is 2.32. The Morgan fingerprint density at radius 1 is 1.17 bits per heavy atom. The lowest BCUT2D eigenvalue weighted by molar-refractivity contribution is -0.153. The standard InChI is InChI=1S/C19H19NO4/c1-19(20,18(22)23)10-17(21)24-11-13-6-4-8-15-14-7-3-2-5-12(14)9-16(13)15/h2-8H,9-11,20H2,1H3,(H,22,23). The lowest BCUT2D eigenvalue weighted by Crippen LogP contribution is -2.46. The van der Waals surface area contributed by atoms with Gasteiger partial charge in [-0.2, -0.15) is 0 Å². The van der Waals surface area contributed by atoms with Gasteiger partial charge in [-0.15, -0.1) is 0 Å². The Bertz CT molecular complexity index is 811. The second-order valence-electron chi connectivity index (χ2n) is 6.34. The van der Waals surface area contributed by atoms with E-state index in [1.54, 1.807) is 0 Å². The van der Waals surface area contributed by atoms with E-state index >= 15 is 0 Å². The number of carboxylic acids is 1. The molecule has 2 aromatic carbocycles. The third-order valence-corrected chi connectivity index (χ3v) is 4.34. The number of rotatable bonds is 5. The molecule has 0 saturated heterocycles. The number of hydrogen-bond acceptors (Lipinski definition) is 4. The summed E-state index contributed by atoms with van der Waals surface area (Å²) in [5.74, 6) is -1.84. The first-order valence-corrected chi connectivity index (χ1v) is 7.75. The lowest BCUT2D eigenvalue weighted by atomic mass is 10.00. The number of aliphatic carboxylic acids is 1. The molecule has 0 radical (unpaired) electrons. The molecule has 5 heteroatoms. The highest BCUT2D eigenvalue weighted by Crippen LogP contribution is 2.38. The number of hydrogen-bond donors (Lipinski definition) is 2. The fourth-order valence-corrected chi connectivity index (χ4v) is 2.94. The third-order valence-electron chi connectivity index (χ3n) is 4.34. The Balaban J connectivity index is 1.72. The highest BCUT2D eigenvalue weighted by atomic mass is 16.5. The van der Waals surface area contributed by atoms with Crippen LogP contribution in [0.3, 0.4) is 0 Å². The van der Waals surface area contributed by atoms with Gasteiger partial charge in [-0.25, -0.2) is 0 Å². The smallest absolute Gasteiger partial charge is 0.323 e. The van der Waals surface area contributed by atoms with E-state index in [-0.39, 0.29) is 13.0 Å². The van der Waals surface area contributed by atoms with Crippen molar-refractivity contribution in [3.05, 3.63) is 59.2 Å². The topological polar surface area (TPSA) is 89.6 Å². The minimum Gasteiger partial charge on any atom is -0.480 e. The summed E-state index contributed by atoms with van der Waals surface area (Å²) in [6, 6.07) is 14.1. The summed E-state index contributed by atoms with van der Waals surface area (Å²) in [4.78, 5) is 22.9. The molecule has 0 amide bonds. The van der Waals surface area contributed by atoms with Crippen molar-refractivity contribution in [2.45, 2.75) is 31.9 Å². The number of esters is 1. The van der Waals surface area contributed by atoms with Crippen molar-refractivity contribution in [2.75, 3.05) is 0 Å². The van der Waals surface area contributed by atoms with Gasteiger partial charge in [-0.1, -0.05) is 42.5 Å². The van der Waals surface area contributed by atoms with Gasteiger partial charge < -0.3 is 15.6 Å². The van der Waals surface area contributed by atoms with Crippen LogP contribution in [-0.2, 0) is 27.4 Å². The Labute approximate surface area is 140 Å². The summed E-state index contributed by atoms with van der Waals surface area (Å²) in [5, 5.41) is 8.97. The molecule has 1 aliphatic carbocycles. The summed E-state index contributed by atoms with van der Waals surface area (Å²) in [5.41, 5.74) is 9.67. The van der Waals surface area contributed by atoms with Gasteiger partial charge in [-0.3, -0.25) is 9.59 Å². The van der Waals surface area contributed by atoms with Crippen LogP contribution in [0.2, 0.25) is 0 Å². The number of carbonyl (C=O) groups excluding carboxylic acids is 1. The Hall–Kier alpha value is -2.66. The van der Waals surface area contributed by atoms with Crippen LogP contribution in [0, 0.1) is 0 Å². The van der Waals surface area contributed by atoms with Crippen molar-refractivity contribution >= 4 is 11.9 Å². The number of carbonyl (C=O) groups is 2. The molecule has 1 atom stereocenters. The zero-order valence-corrected chi connectivity index (χ0v) is 13.4. The van der Waals surface area contributed by atoms with Crippen LogP contribution in [0.1, 0.15) is 30.0 Å². The van der Waals surface area contributed by atoms with Gasteiger partial charge in [0.15, 0.2) is 0 Å². The van der Waals surface area contributed by atoms with Crippen LogP contribution < -0.4 is 5.73 Å². The van der Waals surface area contributed by atoms with Gasteiger partial charge in [0.05, 0.1) is 6.42 Å². The second-order valence-corrected chi connectivity index (χ2v) is 6.34. The zero-order valence-electron chi connectivity index (χ0n) is 13.4. The predicted octanol–water partition coefficient (Wildman–Crippen LogP) is 2.49. The molecule has 5 nitrogen and oxygen atoms in total. The van der Waals surface area contributed by atoms with Crippen LogP contribution in [0.25, 0.3) is 11.1 Å². The molecular weight excluding hydrogens is 306 g/mol. The van der Waals surface area contributed by atoms with Gasteiger partial charge in [0.1, 0.15) is 12.1 Å². The molecule has 2 aromatic rings. The molecule has 24 heavy (non-hydrogen) atoms. The third kappa shape index (κ3) is 3.03. The van der Waals surface area contributed by atoms with Gasteiger partial charge in [0.25, 0.3) is 0 Å². The SMILES string of the molecule is CC(N)(CC(=O)OCc1cccc2c1Cc1ccccc1-2)C(=O)O.